The SMILES string of the molecule is CCc1ccc(C(NC)c2ccc(Br)c(Cl)c2F)o1. The zero-order chi connectivity index (χ0) is 14.0. The van der Waals surface area contributed by atoms with Crippen molar-refractivity contribution in [3.8, 4) is 0 Å². The summed E-state index contributed by atoms with van der Waals surface area (Å²) in [5.74, 6) is 1.11. The van der Waals surface area contributed by atoms with Crippen LogP contribution >= 0.6 is 27.5 Å². The highest BCUT2D eigenvalue weighted by Gasteiger charge is 2.22. The maximum absolute atomic E-state index is 14.2. The fourth-order valence-electron chi connectivity index (χ4n) is 1.95. The van der Waals surface area contributed by atoms with Crippen LogP contribution in [0.15, 0.2) is 33.2 Å². The highest BCUT2D eigenvalue weighted by molar-refractivity contribution is 9.10. The van der Waals surface area contributed by atoms with Gasteiger partial charge < -0.3 is 9.73 Å². The first-order chi connectivity index (χ1) is 9.08. The average molecular weight is 347 g/mol. The first-order valence-corrected chi connectivity index (χ1v) is 7.14. The number of rotatable bonds is 4. The maximum Gasteiger partial charge on any atom is 0.148 e. The quantitative estimate of drug-likeness (QED) is 0.811. The molecule has 0 amide bonds. The van der Waals surface area contributed by atoms with Crippen molar-refractivity contribution in [2.75, 3.05) is 7.05 Å². The number of hydrogen-bond donors (Lipinski definition) is 1. The molecule has 0 aliphatic heterocycles. The van der Waals surface area contributed by atoms with Gasteiger partial charge in [0, 0.05) is 16.5 Å². The molecule has 0 radical (unpaired) electrons. The van der Waals surface area contributed by atoms with Crippen molar-refractivity contribution in [2.24, 2.45) is 0 Å². The summed E-state index contributed by atoms with van der Waals surface area (Å²) in [4.78, 5) is 0. The summed E-state index contributed by atoms with van der Waals surface area (Å²) in [5, 5.41) is 3.14. The molecule has 2 aromatic rings. The Morgan fingerprint density at radius 1 is 1.37 bits per heavy atom. The zero-order valence-electron chi connectivity index (χ0n) is 10.6. The third-order valence-electron chi connectivity index (χ3n) is 2.98. The van der Waals surface area contributed by atoms with Crippen LogP contribution in [0.4, 0.5) is 4.39 Å². The lowest BCUT2D eigenvalue weighted by molar-refractivity contribution is 0.427. The minimum Gasteiger partial charge on any atom is -0.464 e. The molecule has 0 bridgehead atoms. The van der Waals surface area contributed by atoms with Crippen LogP contribution in [-0.2, 0) is 6.42 Å². The van der Waals surface area contributed by atoms with E-state index in [1.54, 1.807) is 19.2 Å². The predicted molar refractivity (Wildman–Crippen MR) is 78.1 cm³/mol. The second kappa shape index (κ2) is 6.07. The first-order valence-electron chi connectivity index (χ1n) is 5.97. The molecule has 1 heterocycles. The van der Waals surface area contributed by atoms with E-state index in [4.69, 9.17) is 16.0 Å². The van der Waals surface area contributed by atoms with Crippen molar-refractivity contribution in [1.82, 2.24) is 5.32 Å². The molecule has 1 aromatic carbocycles. The van der Waals surface area contributed by atoms with Gasteiger partial charge in [-0.25, -0.2) is 4.39 Å². The summed E-state index contributed by atoms with van der Waals surface area (Å²) in [6.07, 6.45) is 0.806. The lowest BCUT2D eigenvalue weighted by Gasteiger charge is -2.16. The molecule has 0 saturated carbocycles. The predicted octanol–water partition coefficient (Wildman–Crippen LogP) is 4.71. The van der Waals surface area contributed by atoms with Gasteiger partial charge in [-0.3, -0.25) is 0 Å². The molecule has 1 unspecified atom stereocenters. The molecule has 1 atom stereocenters. The van der Waals surface area contributed by atoms with E-state index in [1.165, 1.54) is 0 Å². The molecule has 0 aliphatic carbocycles. The normalized spacial score (nSPS) is 12.7. The van der Waals surface area contributed by atoms with Crippen molar-refractivity contribution in [3.05, 3.63) is 56.7 Å². The second-order valence-electron chi connectivity index (χ2n) is 4.14. The Balaban J connectivity index is 2.45. The van der Waals surface area contributed by atoms with Crippen LogP contribution < -0.4 is 5.32 Å². The van der Waals surface area contributed by atoms with E-state index in [0.29, 0.717) is 15.8 Å². The lowest BCUT2D eigenvalue weighted by Crippen LogP contribution is -2.18. The Bertz CT molecular complexity index is 585. The van der Waals surface area contributed by atoms with Crippen LogP contribution in [0.3, 0.4) is 0 Å². The van der Waals surface area contributed by atoms with Crippen molar-refractivity contribution in [1.29, 1.82) is 0 Å². The van der Waals surface area contributed by atoms with Crippen LogP contribution in [0.5, 0.6) is 0 Å². The molecule has 0 saturated heterocycles. The maximum atomic E-state index is 14.2. The summed E-state index contributed by atoms with van der Waals surface area (Å²) in [5.41, 5.74) is 0.465. The third-order valence-corrected chi connectivity index (χ3v) is 4.24. The Labute approximate surface area is 125 Å². The Hall–Kier alpha value is -0.840. The Morgan fingerprint density at radius 2 is 2.11 bits per heavy atom. The van der Waals surface area contributed by atoms with Gasteiger partial charge in [0.05, 0.1) is 11.1 Å². The Morgan fingerprint density at radius 3 is 2.68 bits per heavy atom. The molecule has 2 rings (SSSR count). The van der Waals surface area contributed by atoms with Crippen molar-refractivity contribution >= 4 is 27.5 Å². The van der Waals surface area contributed by atoms with Gasteiger partial charge in [0.15, 0.2) is 0 Å². The standard InChI is InChI=1S/C14H14BrClFNO/c1-3-8-4-7-11(19-8)14(18-2)9-5-6-10(15)12(16)13(9)17/h4-7,14,18H,3H2,1-2H3. The number of aryl methyl sites for hydroxylation is 1. The van der Waals surface area contributed by atoms with E-state index in [9.17, 15) is 4.39 Å². The number of hydrogen-bond acceptors (Lipinski definition) is 2. The van der Waals surface area contributed by atoms with Gasteiger partial charge >= 0.3 is 0 Å². The van der Waals surface area contributed by atoms with Gasteiger partial charge in [-0.1, -0.05) is 24.6 Å². The van der Waals surface area contributed by atoms with Gasteiger partial charge in [0.2, 0.25) is 0 Å². The molecule has 0 spiro atoms. The molecular weight excluding hydrogens is 333 g/mol. The van der Waals surface area contributed by atoms with Gasteiger partial charge in [-0.2, -0.15) is 0 Å². The van der Waals surface area contributed by atoms with Crippen LogP contribution in [-0.4, -0.2) is 7.05 Å². The summed E-state index contributed by atoms with van der Waals surface area (Å²) in [6.45, 7) is 2.01. The summed E-state index contributed by atoms with van der Waals surface area (Å²) >= 11 is 9.13. The van der Waals surface area contributed by atoms with E-state index >= 15 is 0 Å². The zero-order valence-corrected chi connectivity index (χ0v) is 13.0. The fourth-order valence-corrected chi connectivity index (χ4v) is 2.43. The summed E-state index contributed by atoms with van der Waals surface area (Å²) in [7, 11) is 1.76. The van der Waals surface area contributed by atoms with Crippen LogP contribution in [0.1, 0.15) is 30.0 Å². The van der Waals surface area contributed by atoms with E-state index in [1.807, 2.05) is 19.1 Å². The number of benzene rings is 1. The van der Waals surface area contributed by atoms with Gasteiger partial charge in [0.25, 0.3) is 0 Å². The highest BCUT2D eigenvalue weighted by atomic mass is 79.9. The van der Waals surface area contributed by atoms with Gasteiger partial charge in [0.1, 0.15) is 17.3 Å². The van der Waals surface area contributed by atoms with Gasteiger partial charge in [-0.15, -0.1) is 0 Å². The first kappa shape index (κ1) is 14.6. The molecule has 5 heteroatoms. The van der Waals surface area contributed by atoms with Crippen LogP contribution in [0, 0.1) is 5.82 Å². The lowest BCUT2D eigenvalue weighted by atomic mass is 10.0. The summed E-state index contributed by atoms with van der Waals surface area (Å²) in [6, 6.07) is 6.83. The molecule has 102 valence electrons. The number of furan rings is 1. The highest BCUT2D eigenvalue weighted by Crippen LogP contribution is 2.33. The third kappa shape index (κ3) is 2.86. The van der Waals surface area contributed by atoms with Crippen molar-refractivity contribution in [3.63, 3.8) is 0 Å². The topological polar surface area (TPSA) is 25.2 Å². The van der Waals surface area contributed by atoms with E-state index in [2.05, 4.69) is 21.2 Å². The fraction of sp³-hybridized carbons (Fsp3) is 0.286. The van der Waals surface area contributed by atoms with E-state index in [0.717, 1.165) is 12.2 Å². The van der Waals surface area contributed by atoms with Gasteiger partial charge in [-0.05, 0) is 41.2 Å². The second-order valence-corrected chi connectivity index (χ2v) is 5.38. The van der Waals surface area contributed by atoms with Crippen LogP contribution in [0.2, 0.25) is 5.02 Å². The molecular formula is C14H14BrClFNO. The monoisotopic (exact) mass is 345 g/mol. The molecule has 0 fully saturated rings. The average Bonchev–Trinajstić information content (AvgIpc) is 2.88. The molecule has 1 aromatic heterocycles. The molecule has 2 nitrogen and oxygen atoms in total. The largest absolute Gasteiger partial charge is 0.464 e. The van der Waals surface area contributed by atoms with Crippen LogP contribution in [0.25, 0.3) is 0 Å². The van der Waals surface area contributed by atoms with E-state index in [-0.39, 0.29) is 11.1 Å². The molecule has 1 N–H and O–H groups in total. The number of halogens is 3. The minimum atomic E-state index is -0.440. The van der Waals surface area contributed by atoms with Crippen molar-refractivity contribution in [2.45, 2.75) is 19.4 Å². The molecule has 19 heavy (non-hydrogen) atoms. The summed E-state index contributed by atoms with van der Waals surface area (Å²) < 4.78 is 20.5. The minimum absolute atomic E-state index is 0.0834. The van der Waals surface area contributed by atoms with E-state index < -0.39 is 5.82 Å². The molecule has 0 aliphatic rings. The Kier molecular flexibility index (Phi) is 4.66. The van der Waals surface area contributed by atoms with Crippen molar-refractivity contribution < 1.29 is 8.81 Å². The smallest absolute Gasteiger partial charge is 0.148 e. The number of nitrogens with one attached hydrogen (secondary N) is 1.